The Labute approximate surface area is 166 Å². The Bertz CT molecular complexity index is 871. The number of hydrogen-bond donors (Lipinski definition) is 1. The van der Waals surface area contributed by atoms with Crippen LogP contribution in [0.1, 0.15) is 12.5 Å². The van der Waals surface area contributed by atoms with E-state index in [0.29, 0.717) is 46.0 Å². The Morgan fingerprint density at radius 2 is 1.81 bits per heavy atom. The van der Waals surface area contributed by atoms with Crippen molar-refractivity contribution in [3.8, 4) is 11.5 Å². The minimum atomic E-state index is -0.964. The summed E-state index contributed by atoms with van der Waals surface area (Å²) < 4.78 is 16.1. The molecule has 0 aliphatic carbocycles. The van der Waals surface area contributed by atoms with E-state index >= 15 is 0 Å². The molecule has 6 nitrogen and oxygen atoms in total. The van der Waals surface area contributed by atoms with Crippen molar-refractivity contribution in [2.24, 2.45) is 0 Å². The molecule has 0 saturated carbocycles. The van der Waals surface area contributed by atoms with Crippen molar-refractivity contribution in [2.75, 3.05) is 18.5 Å². The average molecular weight is 410 g/mol. The molecular formula is C19H17Cl2NO5. The quantitative estimate of drug-likeness (QED) is 0.758. The van der Waals surface area contributed by atoms with Gasteiger partial charge in [-0.25, -0.2) is 0 Å². The van der Waals surface area contributed by atoms with E-state index in [2.05, 4.69) is 5.32 Å². The zero-order valence-corrected chi connectivity index (χ0v) is 16.0. The molecule has 2 aromatic carbocycles. The Morgan fingerprint density at radius 1 is 1.07 bits per heavy atom. The molecule has 1 aliphatic rings. The van der Waals surface area contributed by atoms with E-state index in [1.807, 2.05) is 0 Å². The van der Waals surface area contributed by atoms with Gasteiger partial charge in [0.05, 0.1) is 16.5 Å². The standard InChI is InChI=1S/C19H17Cl2NO5/c1-11(27-18(23)9-12-2-4-14(20)15(21)8-12)19(24)22-13-3-5-16-17(10-13)26-7-6-25-16/h2-5,8,10-11H,6-7,9H2,1H3,(H,22,24)/t11-/m0/s1. The molecule has 0 bridgehead atoms. The lowest BCUT2D eigenvalue weighted by molar-refractivity contribution is -0.152. The number of carbonyl (C=O) groups is 2. The molecule has 0 fully saturated rings. The van der Waals surface area contributed by atoms with Gasteiger partial charge in [-0.2, -0.15) is 0 Å². The van der Waals surface area contributed by atoms with Gasteiger partial charge in [0.2, 0.25) is 0 Å². The molecule has 2 aromatic rings. The first-order valence-electron chi connectivity index (χ1n) is 8.26. The van der Waals surface area contributed by atoms with Crippen LogP contribution in [0.4, 0.5) is 5.69 Å². The number of hydrogen-bond acceptors (Lipinski definition) is 5. The lowest BCUT2D eigenvalue weighted by Crippen LogP contribution is -2.30. The maximum absolute atomic E-state index is 12.3. The fourth-order valence-corrected chi connectivity index (χ4v) is 2.79. The molecule has 1 amide bonds. The van der Waals surface area contributed by atoms with Crippen LogP contribution in [-0.4, -0.2) is 31.2 Å². The van der Waals surface area contributed by atoms with E-state index in [4.69, 9.17) is 37.4 Å². The third-order valence-corrected chi connectivity index (χ3v) is 4.56. The van der Waals surface area contributed by atoms with Gasteiger partial charge >= 0.3 is 5.97 Å². The summed E-state index contributed by atoms with van der Waals surface area (Å²) in [6.07, 6.45) is -0.980. The maximum atomic E-state index is 12.3. The molecule has 0 aromatic heterocycles. The zero-order chi connectivity index (χ0) is 19.4. The van der Waals surface area contributed by atoms with Crippen LogP contribution in [-0.2, 0) is 20.7 Å². The van der Waals surface area contributed by atoms with Crippen LogP contribution in [0, 0.1) is 0 Å². The van der Waals surface area contributed by atoms with Crippen molar-refractivity contribution in [3.05, 3.63) is 52.0 Å². The molecule has 142 valence electrons. The summed E-state index contributed by atoms with van der Waals surface area (Å²) >= 11 is 11.8. The van der Waals surface area contributed by atoms with Gasteiger partial charge in [0.25, 0.3) is 5.91 Å². The van der Waals surface area contributed by atoms with Crippen LogP contribution in [0.25, 0.3) is 0 Å². The van der Waals surface area contributed by atoms with Gasteiger partial charge in [0, 0.05) is 11.8 Å². The number of esters is 1. The van der Waals surface area contributed by atoms with Crippen LogP contribution >= 0.6 is 23.2 Å². The van der Waals surface area contributed by atoms with Crippen LogP contribution in [0.15, 0.2) is 36.4 Å². The summed E-state index contributed by atoms with van der Waals surface area (Å²) in [6.45, 7) is 2.44. The van der Waals surface area contributed by atoms with Crippen molar-refractivity contribution in [1.82, 2.24) is 0 Å². The second-order valence-electron chi connectivity index (χ2n) is 5.91. The summed E-state index contributed by atoms with van der Waals surface area (Å²) in [5, 5.41) is 3.44. The van der Waals surface area contributed by atoms with Gasteiger partial charge in [-0.1, -0.05) is 29.3 Å². The molecule has 0 unspecified atom stereocenters. The number of nitrogens with one attached hydrogen (secondary N) is 1. The normalized spacial score (nSPS) is 13.6. The van der Waals surface area contributed by atoms with E-state index in [1.165, 1.54) is 6.92 Å². The average Bonchev–Trinajstić information content (AvgIpc) is 2.64. The Hall–Kier alpha value is -2.44. The summed E-state index contributed by atoms with van der Waals surface area (Å²) in [5.41, 5.74) is 1.17. The first kappa shape index (κ1) is 19.3. The first-order chi connectivity index (χ1) is 12.9. The summed E-state index contributed by atoms with van der Waals surface area (Å²) in [5.74, 6) is 0.191. The van der Waals surface area contributed by atoms with Gasteiger partial charge in [-0.05, 0) is 36.8 Å². The SMILES string of the molecule is C[C@H](OC(=O)Cc1ccc(Cl)c(Cl)c1)C(=O)Nc1ccc2c(c1)OCCO2. The molecular weight excluding hydrogens is 393 g/mol. The van der Waals surface area contributed by atoms with Gasteiger partial charge < -0.3 is 19.5 Å². The molecule has 0 saturated heterocycles. The lowest BCUT2D eigenvalue weighted by Gasteiger charge is -2.19. The number of carbonyl (C=O) groups excluding carboxylic acids is 2. The fourth-order valence-electron chi connectivity index (χ4n) is 2.47. The fraction of sp³-hybridized carbons (Fsp3) is 0.263. The van der Waals surface area contributed by atoms with Crippen molar-refractivity contribution in [2.45, 2.75) is 19.4 Å². The number of anilines is 1. The minimum absolute atomic E-state index is 0.0153. The van der Waals surface area contributed by atoms with Crippen LogP contribution < -0.4 is 14.8 Å². The molecule has 0 spiro atoms. The van der Waals surface area contributed by atoms with E-state index in [-0.39, 0.29) is 6.42 Å². The number of fused-ring (bicyclic) bond motifs is 1. The Kier molecular flexibility index (Phi) is 6.08. The smallest absolute Gasteiger partial charge is 0.311 e. The molecule has 0 radical (unpaired) electrons. The second kappa shape index (κ2) is 8.50. The minimum Gasteiger partial charge on any atom is -0.486 e. The molecule has 8 heteroatoms. The van der Waals surface area contributed by atoms with E-state index < -0.39 is 18.0 Å². The lowest BCUT2D eigenvalue weighted by atomic mass is 10.1. The van der Waals surface area contributed by atoms with Crippen LogP contribution in [0.5, 0.6) is 11.5 Å². The van der Waals surface area contributed by atoms with Crippen LogP contribution in [0.2, 0.25) is 10.0 Å². The number of halogens is 2. The van der Waals surface area contributed by atoms with Crippen LogP contribution in [0.3, 0.4) is 0 Å². The van der Waals surface area contributed by atoms with Crippen molar-refractivity contribution < 1.29 is 23.8 Å². The zero-order valence-electron chi connectivity index (χ0n) is 14.5. The predicted molar refractivity (Wildman–Crippen MR) is 102 cm³/mol. The third kappa shape index (κ3) is 5.05. The van der Waals surface area contributed by atoms with E-state index in [0.717, 1.165) is 0 Å². The monoisotopic (exact) mass is 409 g/mol. The second-order valence-corrected chi connectivity index (χ2v) is 6.72. The highest BCUT2D eigenvalue weighted by molar-refractivity contribution is 6.42. The highest BCUT2D eigenvalue weighted by Crippen LogP contribution is 2.32. The van der Waals surface area contributed by atoms with Gasteiger partial charge in [-0.15, -0.1) is 0 Å². The Balaban J connectivity index is 1.55. The van der Waals surface area contributed by atoms with Crippen molar-refractivity contribution in [1.29, 1.82) is 0 Å². The van der Waals surface area contributed by atoms with E-state index in [9.17, 15) is 9.59 Å². The molecule has 27 heavy (non-hydrogen) atoms. The van der Waals surface area contributed by atoms with Crippen molar-refractivity contribution >= 4 is 40.8 Å². The van der Waals surface area contributed by atoms with Gasteiger partial charge in [0.1, 0.15) is 13.2 Å². The van der Waals surface area contributed by atoms with E-state index in [1.54, 1.807) is 36.4 Å². The molecule has 3 rings (SSSR count). The molecule has 1 aliphatic heterocycles. The Morgan fingerprint density at radius 3 is 2.56 bits per heavy atom. The summed E-state index contributed by atoms with van der Waals surface area (Å²) in [7, 11) is 0. The first-order valence-corrected chi connectivity index (χ1v) is 9.02. The predicted octanol–water partition coefficient (Wildman–Crippen LogP) is 3.88. The highest BCUT2D eigenvalue weighted by atomic mass is 35.5. The summed E-state index contributed by atoms with van der Waals surface area (Å²) in [6, 6.07) is 9.93. The largest absolute Gasteiger partial charge is 0.486 e. The maximum Gasteiger partial charge on any atom is 0.311 e. The molecule has 1 heterocycles. The number of amides is 1. The third-order valence-electron chi connectivity index (χ3n) is 3.82. The topological polar surface area (TPSA) is 73.9 Å². The number of rotatable bonds is 5. The van der Waals surface area contributed by atoms with Gasteiger partial charge in [0.15, 0.2) is 17.6 Å². The molecule has 1 N–H and O–H groups in total. The molecule has 1 atom stereocenters. The summed E-state index contributed by atoms with van der Waals surface area (Å²) in [4.78, 5) is 24.3. The van der Waals surface area contributed by atoms with Gasteiger partial charge in [-0.3, -0.25) is 9.59 Å². The van der Waals surface area contributed by atoms with Crippen molar-refractivity contribution in [3.63, 3.8) is 0 Å². The number of ether oxygens (including phenoxy) is 3. The number of benzene rings is 2. The highest BCUT2D eigenvalue weighted by Gasteiger charge is 2.20.